The number of aromatic nitrogens is 2. The van der Waals surface area contributed by atoms with Gasteiger partial charge in [0.2, 0.25) is 5.91 Å². The summed E-state index contributed by atoms with van der Waals surface area (Å²) in [5.41, 5.74) is 1.52. The van der Waals surface area contributed by atoms with E-state index in [1.165, 1.54) is 25.2 Å². The highest BCUT2D eigenvalue weighted by atomic mass is 32.1. The molecular formula is C45H67FN6O10S. The summed E-state index contributed by atoms with van der Waals surface area (Å²) in [5, 5.41) is 31.3. The van der Waals surface area contributed by atoms with Gasteiger partial charge in [-0.2, -0.15) is 0 Å². The van der Waals surface area contributed by atoms with Crippen molar-refractivity contribution in [1.82, 2.24) is 14.9 Å². The van der Waals surface area contributed by atoms with Gasteiger partial charge in [0, 0.05) is 47.2 Å². The Morgan fingerprint density at radius 2 is 1.84 bits per heavy atom. The van der Waals surface area contributed by atoms with Crippen molar-refractivity contribution >= 4 is 46.2 Å². The van der Waals surface area contributed by atoms with Crippen LogP contribution in [0.25, 0.3) is 10.6 Å². The van der Waals surface area contributed by atoms with E-state index in [0.717, 1.165) is 17.5 Å². The smallest absolute Gasteiger partial charge is 0.351 e. The maximum atomic E-state index is 17.0. The number of amides is 1. The van der Waals surface area contributed by atoms with Crippen LogP contribution in [-0.2, 0) is 44.8 Å². The van der Waals surface area contributed by atoms with Crippen molar-refractivity contribution in [3.05, 3.63) is 29.4 Å². The molecule has 3 aliphatic rings. The molecule has 16 nitrogen and oxygen atoms in total. The van der Waals surface area contributed by atoms with Gasteiger partial charge in [0.15, 0.2) is 18.7 Å². The van der Waals surface area contributed by atoms with Gasteiger partial charge in [0.05, 0.1) is 35.8 Å². The first-order chi connectivity index (χ1) is 29.5. The number of ketones is 1. The average Bonchev–Trinajstić information content (AvgIpc) is 3.67. The van der Waals surface area contributed by atoms with Crippen LogP contribution in [0.15, 0.2) is 33.9 Å². The third-order valence-electron chi connectivity index (χ3n) is 13.1. The lowest BCUT2D eigenvalue weighted by atomic mass is 9.68. The molecule has 5 rings (SSSR count). The van der Waals surface area contributed by atoms with Crippen LogP contribution in [0.1, 0.15) is 107 Å². The Bertz CT molecular complexity index is 1980. The molecule has 0 saturated carbocycles. The summed E-state index contributed by atoms with van der Waals surface area (Å²) in [4.78, 5) is 62.9. The molecule has 350 valence electrons. The highest BCUT2D eigenvalue weighted by Crippen LogP contribution is 2.43. The number of hydrogen-bond donors (Lipinski definition) is 3. The number of aliphatic hydroxyl groups excluding tert-OH is 1. The molecule has 5 heterocycles. The molecule has 2 bridgehead atoms. The van der Waals surface area contributed by atoms with E-state index in [0.29, 0.717) is 29.4 Å². The first kappa shape index (κ1) is 50.2. The number of alkyl halides is 1. The summed E-state index contributed by atoms with van der Waals surface area (Å²) in [6.45, 7) is 14.3. The van der Waals surface area contributed by atoms with Crippen LogP contribution in [0.2, 0.25) is 0 Å². The van der Waals surface area contributed by atoms with E-state index in [-0.39, 0.29) is 57.3 Å². The second kappa shape index (κ2) is 20.6. The fourth-order valence-electron chi connectivity index (χ4n) is 9.42. The Kier molecular flexibility index (Phi) is 16.4. The van der Waals surface area contributed by atoms with Gasteiger partial charge >= 0.3 is 5.97 Å². The molecule has 13 atom stereocenters. The lowest BCUT2D eigenvalue weighted by Gasteiger charge is -2.48. The predicted octanol–water partition coefficient (Wildman–Crippen LogP) is 5.72. The predicted molar refractivity (Wildman–Crippen MR) is 237 cm³/mol. The fraction of sp³-hybridized carbons (Fsp3) is 0.711. The summed E-state index contributed by atoms with van der Waals surface area (Å²) >= 11 is 1.41. The van der Waals surface area contributed by atoms with Crippen molar-refractivity contribution in [1.29, 1.82) is 0 Å². The Balaban J connectivity index is 1.66. The largest absolute Gasteiger partial charge is 0.457 e. The Hall–Kier alpha value is -3.78. The number of nitrogen functional groups attached to an aromatic ring is 1. The first-order valence-corrected chi connectivity index (χ1v) is 22.8. The topological polar surface area (TPSA) is 218 Å². The molecule has 2 aromatic rings. The third-order valence-corrected chi connectivity index (χ3v) is 14.0. The van der Waals surface area contributed by atoms with Crippen molar-refractivity contribution in [3.63, 3.8) is 0 Å². The molecule has 3 saturated heterocycles. The molecule has 1 amide bonds. The molecule has 4 N–H and O–H groups in total. The van der Waals surface area contributed by atoms with Crippen molar-refractivity contribution in [2.75, 3.05) is 26.4 Å². The number of nitrogens with zero attached hydrogens (tertiary/aromatic N) is 5. The number of hydrogen-bond acceptors (Lipinski definition) is 16. The number of nitrogens with two attached hydrogens (primary N) is 1. The normalized spacial score (nSPS) is 37.6. The summed E-state index contributed by atoms with van der Waals surface area (Å²) in [6, 6.07) is 3.26. The minimum atomic E-state index is -3.19. The summed E-state index contributed by atoms with van der Waals surface area (Å²) in [7, 11) is 3.66. The Morgan fingerprint density at radius 1 is 1.13 bits per heavy atom. The molecule has 3 aliphatic heterocycles. The molecular weight excluding hydrogens is 836 g/mol. The Morgan fingerprint density at radius 3 is 2.44 bits per heavy atom. The van der Waals surface area contributed by atoms with Crippen LogP contribution >= 0.6 is 11.3 Å². The van der Waals surface area contributed by atoms with Gasteiger partial charge in [-0.15, -0.1) is 11.3 Å². The number of rotatable bonds is 9. The number of halogens is 1. The third kappa shape index (κ3) is 11.4. The highest BCUT2D eigenvalue weighted by Gasteiger charge is 2.56. The van der Waals surface area contributed by atoms with E-state index < -0.39 is 82.9 Å². The molecule has 18 heteroatoms. The number of ether oxygens (including phenoxy) is 4. The van der Waals surface area contributed by atoms with E-state index >= 15 is 4.39 Å². The van der Waals surface area contributed by atoms with Crippen LogP contribution in [0, 0.1) is 23.7 Å². The van der Waals surface area contributed by atoms with Crippen molar-refractivity contribution in [2.45, 2.75) is 161 Å². The number of aliphatic imine (C=N–C) groups is 1. The molecule has 3 fully saturated rings. The van der Waals surface area contributed by atoms with Gasteiger partial charge in [-0.3, -0.25) is 14.6 Å². The number of carbonyl (C=O) groups excluding carboxylic acids is 3. The first-order valence-electron chi connectivity index (χ1n) is 21.9. The van der Waals surface area contributed by atoms with Gasteiger partial charge in [-0.1, -0.05) is 39.8 Å². The van der Waals surface area contributed by atoms with Crippen molar-refractivity contribution in [2.24, 2.45) is 33.8 Å². The molecule has 63 heavy (non-hydrogen) atoms. The fourth-order valence-corrected chi connectivity index (χ4v) is 10.1. The van der Waals surface area contributed by atoms with Crippen molar-refractivity contribution < 1.29 is 52.8 Å². The second-order valence-electron chi connectivity index (χ2n) is 18.3. The number of cyclic esters (lactones) is 1. The number of likely N-dealkylation sites (N-methyl/N-ethyl adjacent to an activating group) is 1. The number of fused-ring (bicyclic) bond motifs is 5. The van der Waals surface area contributed by atoms with Crippen molar-refractivity contribution in [3.8, 4) is 10.6 Å². The van der Waals surface area contributed by atoms with Gasteiger partial charge < -0.3 is 44.6 Å². The van der Waals surface area contributed by atoms with E-state index in [1.54, 1.807) is 38.4 Å². The van der Waals surface area contributed by atoms with Crippen LogP contribution in [0.3, 0.4) is 0 Å². The molecule has 2 aromatic heterocycles. The van der Waals surface area contributed by atoms with E-state index in [2.05, 4.69) is 20.1 Å². The quantitative estimate of drug-likeness (QED) is 0.156. The van der Waals surface area contributed by atoms with E-state index in [9.17, 15) is 24.6 Å². The van der Waals surface area contributed by atoms with Crippen LogP contribution in [0.5, 0.6) is 0 Å². The van der Waals surface area contributed by atoms with Crippen LogP contribution < -0.4 is 5.73 Å². The van der Waals surface area contributed by atoms with Gasteiger partial charge in [0.25, 0.3) is 5.67 Å². The summed E-state index contributed by atoms with van der Waals surface area (Å²) in [5.74, 6) is -5.90. The molecule has 0 aliphatic carbocycles. The lowest BCUT2D eigenvalue weighted by molar-refractivity contribution is -0.296. The highest BCUT2D eigenvalue weighted by molar-refractivity contribution is 7.13. The zero-order valence-corrected chi connectivity index (χ0v) is 39.3. The summed E-state index contributed by atoms with van der Waals surface area (Å²) in [6.07, 6.45) is -2.71. The number of anilines is 1. The standard InChI is InChI=1S/C45H67FN6O10S/c1-12-33-45(9,57)31-17-16-30(51-59-22-29-15-14-28(20-48-29)40-49-34(47)23-63-40)21-58-43(7,19-24(3)36(26(31)5)50-35(53)13-2)39(27(6)38(55)44(8,46)42(56)61-33)62-41-37(54)32(52(10)11)18-25(4)60-41/h14-15,20,23-27,31-33,37,39,41,54,57H,12-13,16-19,21-22,47H2,1-11H3/b50-36?,51-30+/t24-,25-,26-,27?,31-,32+,33-,37-,39-,41+,43-,44+,45+/m1/s1. The maximum Gasteiger partial charge on any atom is 0.351 e. The SMILES string of the molecule is CCC(=O)N=C1[C@H](C)C[C@@]2(C)OC/C(=N/OCc3ccc(-c4nc(N)cs4)cn3)CC[C@H]([C@H]1C)[C@](C)(O)[C@@H](CC)OC(=O)[C@@](C)(F)C(=O)C(C)[C@H]2O[C@@H]1O[C@H](C)C[C@H](N(C)C)[C@H]1O. The number of thiazole rings is 1. The second-order valence-corrected chi connectivity index (χ2v) is 19.1. The van der Waals surface area contributed by atoms with E-state index in [4.69, 9.17) is 29.5 Å². The minimum Gasteiger partial charge on any atom is -0.457 e. The van der Waals surface area contributed by atoms with Crippen LogP contribution in [0.4, 0.5) is 10.2 Å². The van der Waals surface area contributed by atoms with Crippen LogP contribution in [-0.4, -0.2) is 128 Å². The monoisotopic (exact) mass is 902 g/mol. The zero-order chi connectivity index (χ0) is 46.6. The van der Waals surface area contributed by atoms with E-state index in [1.807, 2.05) is 45.8 Å². The molecule has 0 aromatic carbocycles. The van der Waals surface area contributed by atoms with Gasteiger partial charge in [-0.25, -0.2) is 19.2 Å². The number of pyridine rings is 1. The maximum absolute atomic E-state index is 17.0. The molecule has 1 unspecified atom stereocenters. The molecule has 0 spiro atoms. The summed E-state index contributed by atoms with van der Waals surface area (Å²) < 4.78 is 42.6. The number of oxime groups is 1. The minimum absolute atomic E-state index is 0.00603. The lowest BCUT2D eigenvalue weighted by Crippen LogP contribution is -2.61. The van der Waals surface area contributed by atoms with Gasteiger partial charge in [-0.05, 0) is 97.9 Å². The number of carbonyl (C=O) groups is 3. The van der Waals surface area contributed by atoms with Gasteiger partial charge in [0.1, 0.15) is 28.6 Å². The number of Topliss-reactive ketones (excluding diaryl/α,β-unsaturated/α-hetero) is 1. The number of aliphatic hydroxyl groups is 2. The Labute approximate surface area is 374 Å². The average molecular weight is 903 g/mol. The molecule has 0 radical (unpaired) electrons. The number of esters is 1. The zero-order valence-electron chi connectivity index (χ0n) is 38.5.